The lowest BCUT2D eigenvalue weighted by molar-refractivity contribution is -0.145. The van der Waals surface area contributed by atoms with Crippen LogP contribution in [0.15, 0.2) is 30.3 Å². The van der Waals surface area contributed by atoms with E-state index in [2.05, 4.69) is 26.1 Å². The van der Waals surface area contributed by atoms with Crippen LogP contribution in [-0.2, 0) is 20.9 Å². The molecule has 1 aromatic rings. The van der Waals surface area contributed by atoms with E-state index in [9.17, 15) is 9.59 Å². The van der Waals surface area contributed by atoms with Crippen molar-refractivity contribution in [1.82, 2.24) is 5.32 Å². The summed E-state index contributed by atoms with van der Waals surface area (Å²) >= 11 is 0. The maximum absolute atomic E-state index is 12.0. The summed E-state index contributed by atoms with van der Waals surface area (Å²) in [6, 6.07) is 8.71. The molecule has 0 saturated carbocycles. The molecule has 5 nitrogen and oxygen atoms in total. The second kappa shape index (κ2) is 9.18. The maximum atomic E-state index is 12.0. The van der Waals surface area contributed by atoms with Gasteiger partial charge in [-0.15, -0.1) is 0 Å². The molecule has 0 aromatic heterocycles. The zero-order valence-electron chi connectivity index (χ0n) is 14.4. The molecule has 1 unspecified atom stereocenters. The van der Waals surface area contributed by atoms with Crippen molar-refractivity contribution in [2.45, 2.75) is 53.2 Å². The highest BCUT2D eigenvalue weighted by Crippen LogP contribution is 2.22. The van der Waals surface area contributed by atoms with Crippen molar-refractivity contribution < 1.29 is 19.1 Å². The van der Waals surface area contributed by atoms with E-state index in [4.69, 9.17) is 9.47 Å². The summed E-state index contributed by atoms with van der Waals surface area (Å²) < 4.78 is 10.2. The van der Waals surface area contributed by atoms with Crippen molar-refractivity contribution in [3.63, 3.8) is 0 Å². The molecule has 0 fully saturated rings. The van der Waals surface area contributed by atoms with Gasteiger partial charge in [0.15, 0.2) is 0 Å². The van der Waals surface area contributed by atoms with Crippen LogP contribution < -0.4 is 5.32 Å². The number of hydrogen-bond donors (Lipinski definition) is 1. The molecule has 23 heavy (non-hydrogen) atoms. The third-order valence-corrected chi connectivity index (χ3v) is 3.26. The van der Waals surface area contributed by atoms with E-state index in [1.165, 1.54) is 0 Å². The van der Waals surface area contributed by atoms with Crippen LogP contribution in [0.1, 0.15) is 46.1 Å². The Morgan fingerprint density at radius 1 is 1.13 bits per heavy atom. The second-order valence-electron chi connectivity index (χ2n) is 6.61. The lowest BCUT2D eigenvalue weighted by atomic mass is 9.89. The van der Waals surface area contributed by atoms with Gasteiger partial charge in [-0.1, -0.05) is 51.1 Å². The third kappa shape index (κ3) is 8.24. The van der Waals surface area contributed by atoms with E-state index in [1.54, 1.807) is 6.92 Å². The minimum Gasteiger partial charge on any atom is -0.464 e. The number of hydrogen-bond acceptors (Lipinski definition) is 4. The van der Waals surface area contributed by atoms with Gasteiger partial charge in [0.25, 0.3) is 0 Å². The molecule has 1 amide bonds. The molecule has 0 heterocycles. The van der Waals surface area contributed by atoms with Crippen molar-refractivity contribution in [1.29, 1.82) is 0 Å². The number of ether oxygens (including phenoxy) is 2. The molecule has 0 bridgehead atoms. The van der Waals surface area contributed by atoms with E-state index >= 15 is 0 Å². The molecule has 128 valence electrons. The van der Waals surface area contributed by atoms with Crippen LogP contribution in [0.2, 0.25) is 0 Å². The molecule has 0 aliphatic rings. The lowest BCUT2D eigenvalue weighted by Crippen LogP contribution is -2.42. The van der Waals surface area contributed by atoms with Crippen LogP contribution in [0.5, 0.6) is 0 Å². The van der Waals surface area contributed by atoms with Gasteiger partial charge in [0.1, 0.15) is 12.6 Å². The molecule has 0 saturated heterocycles. The highest BCUT2D eigenvalue weighted by Gasteiger charge is 2.25. The fourth-order valence-electron chi connectivity index (χ4n) is 1.98. The normalized spacial score (nSPS) is 12.3. The average Bonchev–Trinajstić information content (AvgIpc) is 2.49. The predicted molar refractivity (Wildman–Crippen MR) is 88.9 cm³/mol. The summed E-state index contributed by atoms with van der Waals surface area (Å²) in [4.78, 5) is 23.9. The summed E-state index contributed by atoms with van der Waals surface area (Å²) in [5, 5.41) is 2.61. The second-order valence-corrected chi connectivity index (χ2v) is 6.61. The SMILES string of the molecule is CCOC(=O)C(CCC(C)(C)C)NC(=O)OCc1ccccc1. The van der Waals surface area contributed by atoms with E-state index in [-0.39, 0.29) is 18.6 Å². The number of rotatable bonds is 7. The van der Waals surface area contributed by atoms with Gasteiger partial charge in [0.05, 0.1) is 6.61 Å². The molecule has 1 rings (SSSR count). The summed E-state index contributed by atoms with van der Waals surface area (Å²) in [5.41, 5.74) is 0.963. The topological polar surface area (TPSA) is 64.6 Å². The highest BCUT2D eigenvalue weighted by atomic mass is 16.6. The Kier molecular flexibility index (Phi) is 7.59. The highest BCUT2D eigenvalue weighted by molar-refractivity contribution is 5.81. The molecule has 0 aliphatic heterocycles. The number of nitrogens with one attached hydrogen (secondary N) is 1. The lowest BCUT2D eigenvalue weighted by Gasteiger charge is -2.22. The van der Waals surface area contributed by atoms with Crippen LogP contribution in [0.3, 0.4) is 0 Å². The smallest absolute Gasteiger partial charge is 0.408 e. The Hall–Kier alpha value is -2.04. The van der Waals surface area contributed by atoms with Crippen molar-refractivity contribution in [3.8, 4) is 0 Å². The molecule has 5 heteroatoms. The van der Waals surface area contributed by atoms with Gasteiger partial charge < -0.3 is 14.8 Å². The first-order valence-electron chi connectivity index (χ1n) is 7.95. The van der Waals surface area contributed by atoms with Crippen LogP contribution in [0.4, 0.5) is 4.79 Å². The first-order chi connectivity index (χ1) is 10.8. The monoisotopic (exact) mass is 321 g/mol. The number of carbonyl (C=O) groups excluding carboxylic acids is 2. The summed E-state index contributed by atoms with van der Waals surface area (Å²) in [5.74, 6) is -0.423. The largest absolute Gasteiger partial charge is 0.464 e. The Balaban J connectivity index is 2.53. The van der Waals surface area contributed by atoms with Crippen LogP contribution >= 0.6 is 0 Å². The molecule has 1 N–H and O–H groups in total. The summed E-state index contributed by atoms with van der Waals surface area (Å²) in [6.07, 6.45) is 0.693. The van der Waals surface area contributed by atoms with Gasteiger partial charge in [-0.25, -0.2) is 9.59 Å². The van der Waals surface area contributed by atoms with Crippen LogP contribution in [-0.4, -0.2) is 24.7 Å². The van der Waals surface area contributed by atoms with Gasteiger partial charge in [0.2, 0.25) is 0 Å². The first-order valence-corrected chi connectivity index (χ1v) is 7.95. The first kappa shape index (κ1) is 19.0. The number of amides is 1. The predicted octanol–water partition coefficient (Wildman–Crippen LogP) is 3.67. The standard InChI is InChI=1S/C18H27NO4/c1-5-22-16(20)15(11-12-18(2,3)4)19-17(21)23-13-14-9-7-6-8-10-14/h6-10,15H,5,11-13H2,1-4H3,(H,19,21). The molecule has 0 radical (unpaired) electrons. The van der Waals surface area contributed by atoms with Gasteiger partial charge in [0, 0.05) is 0 Å². The number of alkyl carbamates (subject to hydrolysis) is 1. The number of benzene rings is 1. The number of carbonyl (C=O) groups is 2. The number of esters is 1. The van der Waals surface area contributed by atoms with Gasteiger partial charge in [-0.3, -0.25) is 0 Å². The molecule has 0 aliphatic carbocycles. The van der Waals surface area contributed by atoms with E-state index in [1.807, 2.05) is 30.3 Å². The fraction of sp³-hybridized carbons (Fsp3) is 0.556. The Bertz CT molecular complexity index is 493. The Morgan fingerprint density at radius 2 is 1.78 bits per heavy atom. The molecular weight excluding hydrogens is 294 g/mol. The molecule has 0 spiro atoms. The third-order valence-electron chi connectivity index (χ3n) is 3.26. The van der Waals surface area contributed by atoms with Crippen LogP contribution in [0.25, 0.3) is 0 Å². The maximum Gasteiger partial charge on any atom is 0.408 e. The Labute approximate surface area is 138 Å². The molecule has 1 atom stereocenters. The van der Waals surface area contributed by atoms with Gasteiger partial charge in [-0.2, -0.15) is 0 Å². The van der Waals surface area contributed by atoms with E-state index < -0.39 is 18.1 Å². The molecular formula is C18H27NO4. The average molecular weight is 321 g/mol. The zero-order valence-corrected chi connectivity index (χ0v) is 14.4. The minimum absolute atomic E-state index is 0.0698. The van der Waals surface area contributed by atoms with E-state index in [0.29, 0.717) is 6.42 Å². The van der Waals surface area contributed by atoms with Crippen molar-refractivity contribution >= 4 is 12.1 Å². The van der Waals surface area contributed by atoms with Crippen molar-refractivity contribution in [2.24, 2.45) is 5.41 Å². The van der Waals surface area contributed by atoms with Crippen molar-refractivity contribution in [2.75, 3.05) is 6.61 Å². The fourth-order valence-corrected chi connectivity index (χ4v) is 1.98. The van der Waals surface area contributed by atoms with Crippen LogP contribution in [0, 0.1) is 5.41 Å². The van der Waals surface area contributed by atoms with Crippen molar-refractivity contribution in [3.05, 3.63) is 35.9 Å². The van der Waals surface area contributed by atoms with Gasteiger partial charge >= 0.3 is 12.1 Å². The molecule has 1 aromatic carbocycles. The minimum atomic E-state index is -0.683. The van der Waals surface area contributed by atoms with Gasteiger partial charge in [-0.05, 0) is 30.7 Å². The zero-order chi connectivity index (χ0) is 17.3. The Morgan fingerprint density at radius 3 is 2.35 bits per heavy atom. The van der Waals surface area contributed by atoms with E-state index in [0.717, 1.165) is 12.0 Å². The summed E-state index contributed by atoms with van der Waals surface area (Å²) in [6.45, 7) is 8.45. The quantitative estimate of drug-likeness (QED) is 0.778. The summed E-state index contributed by atoms with van der Waals surface area (Å²) in [7, 11) is 0.